The van der Waals surface area contributed by atoms with E-state index < -0.39 is 0 Å². The molecule has 0 saturated carbocycles. The smallest absolute Gasteiger partial charge is 0.234 e. The first-order valence-corrected chi connectivity index (χ1v) is 10.3. The summed E-state index contributed by atoms with van der Waals surface area (Å²) in [6, 6.07) is 11.4. The molecule has 1 N–H and O–H groups in total. The number of carbonyl (C=O) groups is 1. The molecule has 28 heavy (non-hydrogen) atoms. The number of ether oxygens (including phenoxy) is 2. The second-order valence-electron chi connectivity index (χ2n) is 6.02. The molecule has 1 aliphatic rings. The van der Waals surface area contributed by atoms with Gasteiger partial charge in [-0.15, -0.1) is 5.10 Å². The molecule has 3 aromatic rings. The summed E-state index contributed by atoms with van der Waals surface area (Å²) >= 11 is 4.71. The number of anilines is 1. The molecule has 2 heterocycles. The number of fused-ring (bicyclic) bond motifs is 1. The van der Waals surface area contributed by atoms with Gasteiger partial charge in [-0.25, -0.2) is 0 Å². The normalized spacial score (nSPS) is 12.6. The van der Waals surface area contributed by atoms with Crippen molar-refractivity contribution in [1.29, 1.82) is 0 Å². The minimum atomic E-state index is -0.180. The van der Waals surface area contributed by atoms with Gasteiger partial charge < -0.3 is 14.8 Å². The summed E-state index contributed by atoms with van der Waals surface area (Å²) in [5.41, 5.74) is 2.61. The number of nitrogens with zero attached hydrogens (tertiary/aromatic N) is 4. The zero-order chi connectivity index (χ0) is 19.5. The second kappa shape index (κ2) is 8.19. The van der Waals surface area contributed by atoms with Crippen LogP contribution in [0.15, 0.2) is 46.0 Å². The molecule has 1 amide bonds. The molecule has 0 radical (unpaired) electrons. The lowest BCUT2D eigenvalue weighted by atomic mass is 10.2. The van der Waals surface area contributed by atoms with Crippen LogP contribution < -0.4 is 14.8 Å². The number of aromatic nitrogens is 4. The molecule has 0 unspecified atom stereocenters. The van der Waals surface area contributed by atoms with Crippen LogP contribution in [0.3, 0.4) is 0 Å². The average molecular weight is 462 g/mol. The lowest BCUT2D eigenvalue weighted by Crippen LogP contribution is -2.18. The molecule has 0 bridgehead atoms. The molecule has 0 saturated heterocycles. The molecular weight excluding hydrogens is 446 g/mol. The summed E-state index contributed by atoms with van der Waals surface area (Å²) in [7, 11) is 0. The number of nitrogens with one attached hydrogen (secondary N) is 1. The first-order valence-electron chi connectivity index (χ1n) is 8.47. The molecule has 1 aliphatic heterocycles. The standard InChI is InChI=1S/C18H16BrN5O3S/c1-11-2-4-12(5-3-11)24-18(21-22-23-24)28-10-17(25)20-14-9-16-15(8-13(14)19)26-6-7-27-16/h2-5,8-9H,6-7,10H2,1H3,(H,20,25). The minimum Gasteiger partial charge on any atom is -0.486 e. The first-order chi connectivity index (χ1) is 13.6. The van der Waals surface area contributed by atoms with Gasteiger partial charge in [-0.05, 0) is 45.4 Å². The van der Waals surface area contributed by atoms with Crippen LogP contribution in [-0.2, 0) is 4.79 Å². The van der Waals surface area contributed by atoms with E-state index in [0.29, 0.717) is 35.6 Å². The van der Waals surface area contributed by atoms with E-state index in [9.17, 15) is 4.79 Å². The highest BCUT2D eigenvalue weighted by molar-refractivity contribution is 9.10. The highest BCUT2D eigenvalue weighted by atomic mass is 79.9. The van der Waals surface area contributed by atoms with Crippen molar-refractivity contribution < 1.29 is 14.3 Å². The molecular formula is C18H16BrN5O3S. The first kappa shape index (κ1) is 18.8. The summed E-state index contributed by atoms with van der Waals surface area (Å²) in [5, 5.41) is 15.1. The fourth-order valence-electron chi connectivity index (χ4n) is 2.59. The van der Waals surface area contributed by atoms with Gasteiger partial charge in [0.25, 0.3) is 0 Å². The van der Waals surface area contributed by atoms with Crippen molar-refractivity contribution >= 4 is 39.3 Å². The molecule has 8 nitrogen and oxygen atoms in total. The van der Waals surface area contributed by atoms with Gasteiger partial charge in [0, 0.05) is 16.6 Å². The van der Waals surface area contributed by atoms with Crippen molar-refractivity contribution in [2.45, 2.75) is 12.1 Å². The maximum Gasteiger partial charge on any atom is 0.234 e. The molecule has 2 aromatic carbocycles. The van der Waals surface area contributed by atoms with E-state index in [1.807, 2.05) is 31.2 Å². The average Bonchev–Trinajstić information content (AvgIpc) is 3.16. The van der Waals surface area contributed by atoms with E-state index in [1.165, 1.54) is 11.8 Å². The van der Waals surface area contributed by atoms with Crippen LogP contribution in [0.2, 0.25) is 0 Å². The van der Waals surface area contributed by atoms with Crippen molar-refractivity contribution in [3.8, 4) is 17.2 Å². The Morgan fingerprint density at radius 1 is 1.21 bits per heavy atom. The van der Waals surface area contributed by atoms with Gasteiger partial charge in [-0.1, -0.05) is 29.5 Å². The Morgan fingerprint density at radius 2 is 1.93 bits per heavy atom. The fourth-order valence-corrected chi connectivity index (χ4v) is 3.71. The molecule has 1 aromatic heterocycles. The Kier molecular flexibility index (Phi) is 5.49. The van der Waals surface area contributed by atoms with Crippen LogP contribution in [0.4, 0.5) is 5.69 Å². The Morgan fingerprint density at radius 3 is 2.68 bits per heavy atom. The Labute approximate surface area is 173 Å². The van der Waals surface area contributed by atoms with E-state index in [2.05, 4.69) is 36.8 Å². The van der Waals surface area contributed by atoms with Gasteiger partial charge in [-0.2, -0.15) is 4.68 Å². The number of rotatable bonds is 5. The Hall–Kier alpha value is -2.59. The van der Waals surface area contributed by atoms with Crippen LogP contribution in [0.1, 0.15) is 5.56 Å². The number of hydrogen-bond acceptors (Lipinski definition) is 7. The number of benzene rings is 2. The number of aryl methyl sites for hydroxylation is 1. The molecule has 0 atom stereocenters. The third kappa shape index (κ3) is 4.12. The molecule has 144 valence electrons. The van der Waals surface area contributed by atoms with E-state index in [1.54, 1.807) is 16.8 Å². The van der Waals surface area contributed by atoms with Gasteiger partial charge in [0.1, 0.15) is 13.2 Å². The van der Waals surface area contributed by atoms with Crippen LogP contribution in [-0.4, -0.2) is 45.1 Å². The summed E-state index contributed by atoms with van der Waals surface area (Å²) < 4.78 is 13.4. The number of hydrogen-bond donors (Lipinski definition) is 1. The quantitative estimate of drug-likeness (QED) is 0.583. The second-order valence-corrected chi connectivity index (χ2v) is 7.82. The molecule has 0 fully saturated rings. The Bertz CT molecular complexity index is 1010. The zero-order valence-electron chi connectivity index (χ0n) is 14.9. The highest BCUT2D eigenvalue weighted by Crippen LogP contribution is 2.38. The van der Waals surface area contributed by atoms with Crippen molar-refractivity contribution in [3.63, 3.8) is 0 Å². The molecule has 10 heteroatoms. The number of tetrazole rings is 1. The number of carbonyl (C=O) groups excluding carboxylic acids is 1. The van der Waals surface area contributed by atoms with Crippen LogP contribution in [0.25, 0.3) is 5.69 Å². The van der Waals surface area contributed by atoms with E-state index in [-0.39, 0.29) is 11.7 Å². The van der Waals surface area contributed by atoms with Gasteiger partial charge in [0.15, 0.2) is 11.5 Å². The topological polar surface area (TPSA) is 91.2 Å². The summed E-state index contributed by atoms with van der Waals surface area (Å²) in [4.78, 5) is 12.4. The molecule has 0 spiro atoms. The predicted molar refractivity (Wildman–Crippen MR) is 108 cm³/mol. The summed E-state index contributed by atoms with van der Waals surface area (Å²) in [6.45, 7) is 3.01. The van der Waals surface area contributed by atoms with Crippen LogP contribution >= 0.6 is 27.7 Å². The SMILES string of the molecule is Cc1ccc(-n2nnnc2SCC(=O)Nc2cc3c(cc2Br)OCCO3)cc1. The van der Waals surface area contributed by atoms with Crippen molar-refractivity contribution in [2.24, 2.45) is 0 Å². The lowest BCUT2D eigenvalue weighted by Gasteiger charge is -2.20. The lowest BCUT2D eigenvalue weighted by molar-refractivity contribution is -0.113. The summed E-state index contributed by atoms with van der Waals surface area (Å²) in [6.07, 6.45) is 0. The Balaban J connectivity index is 1.42. The highest BCUT2D eigenvalue weighted by Gasteiger charge is 2.17. The fraction of sp³-hybridized carbons (Fsp3) is 0.222. The van der Waals surface area contributed by atoms with Gasteiger partial charge >= 0.3 is 0 Å². The van der Waals surface area contributed by atoms with Crippen LogP contribution in [0, 0.1) is 6.92 Å². The summed E-state index contributed by atoms with van der Waals surface area (Å²) in [5.74, 6) is 1.25. The number of amides is 1. The zero-order valence-corrected chi connectivity index (χ0v) is 17.3. The number of halogens is 1. The number of thioether (sulfide) groups is 1. The van der Waals surface area contributed by atoms with Crippen LogP contribution in [0.5, 0.6) is 11.5 Å². The van der Waals surface area contributed by atoms with Gasteiger partial charge in [0.2, 0.25) is 11.1 Å². The molecule has 4 rings (SSSR count). The van der Waals surface area contributed by atoms with Crippen molar-refractivity contribution in [2.75, 3.05) is 24.3 Å². The van der Waals surface area contributed by atoms with E-state index in [0.717, 1.165) is 15.7 Å². The van der Waals surface area contributed by atoms with Gasteiger partial charge in [-0.3, -0.25) is 4.79 Å². The van der Waals surface area contributed by atoms with Crippen molar-refractivity contribution in [1.82, 2.24) is 20.2 Å². The molecule has 0 aliphatic carbocycles. The van der Waals surface area contributed by atoms with E-state index in [4.69, 9.17) is 9.47 Å². The van der Waals surface area contributed by atoms with Crippen molar-refractivity contribution in [3.05, 3.63) is 46.4 Å². The minimum absolute atomic E-state index is 0.160. The van der Waals surface area contributed by atoms with E-state index >= 15 is 0 Å². The third-order valence-electron chi connectivity index (χ3n) is 3.96. The monoisotopic (exact) mass is 461 g/mol. The van der Waals surface area contributed by atoms with Gasteiger partial charge in [0.05, 0.1) is 17.1 Å². The predicted octanol–water partition coefficient (Wildman–Crippen LogP) is 3.24. The maximum absolute atomic E-state index is 12.4. The third-order valence-corrected chi connectivity index (χ3v) is 5.53. The largest absolute Gasteiger partial charge is 0.486 e. The maximum atomic E-state index is 12.4.